The summed E-state index contributed by atoms with van der Waals surface area (Å²) in [5.74, 6) is 0. The zero-order chi connectivity index (χ0) is 20.9. The molecule has 1 fully saturated rings. The highest BCUT2D eigenvalue weighted by molar-refractivity contribution is 6.62. The zero-order valence-electron chi connectivity index (χ0n) is 17.5. The molecule has 0 N–H and O–H groups in total. The number of pyridine rings is 1. The first-order valence-electron chi connectivity index (χ1n) is 10.7. The van der Waals surface area contributed by atoms with Crippen molar-refractivity contribution in [2.24, 2.45) is 0 Å². The summed E-state index contributed by atoms with van der Waals surface area (Å²) in [6.45, 7) is 2.04. The minimum atomic E-state index is -0.442. The Balaban J connectivity index is 1.46. The highest BCUT2D eigenvalue weighted by atomic mass is 16.7. The number of hydrogen-bond donors (Lipinski definition) is 0. The van der Waals surface area contributed by atoms with Crippen molar-refractivity contribution in [1.82, 2.24) is 4.98 Å². The molecule has 6 rings (SSSR count). The lowest BCUT2D eigenvalue weighted by Crippen LogP contribution is -2.36. The van der Waals surface area contributed by atoms with E-state index in [1.165, 1.54) is 5.39 Å². The Morgan fingerprint density at radius 1 is 0.968 bits per heavy atom. The molecule has 2 aliphatic rings. The van der Waals surface area contributed by atoms with E-state index in [1.807, 2.05) is 25.3 Å². The van der Waals surface area contributed by atoms with Gasteiger partial charge in [-0.2, -0.15) is 0 Å². The Labute approximate surface area is 181 Å². The Kier molecular flexibility index (Phi) is 4.42. The first-order valence-corrected chi connectivity index (χ1v) is 10.7. The largest absolute Gasteiger partial charge is 0.495 e. The molecule has 3 aromatic carbocycles. The average molecular weight is 407 g/mol. The molecule has 5 heteroatoms. The minimum absolute atomic E-state index is 0.0368. The van der Waals surface area contributed by atoms with Crippen LogP contribution in [0.2, 0.25) is 0 Å². The van der Waals surface area contributed by atoms with Crippen molar-refractivity contribution in [2.45, 2.75) is 25.2 Å². The molecule has 0 spiro atoms. The van der Waals surface area contributed by atoms with Crippen molar-refractivity contribution >= 4 is 40.3 Å². The quantitative estimate of drug-likeness (QED) is 0.355. The predicted octanol–water partition coefficient (Wildman–Crippen LogP) is 4.97. The maximum absolute atomic E-state index is 6.58. The average Bonchev–Trinajstić information content (AvgIpc) is 3.27. The molecule has 1 aromatic heterocycles. The highest BCUT2D eigenvalue weighted by Crippen LogP contribution is 2.42. The van der Waals surface area contributed by atoms with E-state index < -0.39 is 7.12 Å². The van der Waals surface area contributed by atoms with Crippen LogP contribution in [0.4, 0.5) is 0 Å². The molecule has 0 radical (unpaired) electrons. The number of rotatable bonds is 3. The second kappa shape index (κ2) is 7.31. The van der Waals surface area contributed by atoms with Crippen LogP contribution in [0.25, 0.3) is 27.8 Å². The maximum atomic E-state index is 6.58. The van der Waals surface area contributed by atoms with E-state index in [0.717, 1.165) is 38.4 Å². The van der Waals surface area contributed by atoms with Gasteiger partial charge in [0.05, 0.1) is 23.8 Å². The summed E-state index contributed by atoms with van der Waals surface area (Å²) in [4.78, 5) is 4.80. The molecule has 4 nitrogen and oxygen atoms in total. The lowest BCUT2D eigenvalue weighted by Gasteiger charge is -2.24. The number of benzene rings is 3. The van der Waals surface area contributed by atoms with E-state index in [4.69, 9.17) is 19.0 Å². The van der Waals surface area contributed by atoms with Gasteiger partial charge in [-0.25, -0.2) is 0 Å². The SMILES string of the molecule is CO[C@@H](C)c1ccccc1B1O[C@H]2C=Cc3cnc4c(ccc5ccccc54)c3[C@H]2O1. The van der Waals surface area contributed by atoms with E-state index in [1.54, 1.807) is 7.11 Å². The van der Waals surface area contributed by atoms with Crippen LogP contribution in [0.5, 0.6) is 0 Å². The van der Waals surface area contributed by atoms with E-state index in [0.29, 0.717) is 0 Å². The lowest BCUT2D eigenvalue weighted by molar-refractivity contribution is 0.120. The number of ether oxygens (including phenoxy) is 1. The normalized spacial score (nSPS) is 20.8. The van der Waals surface area contributed by atoms with Crippen molar-refractivity contribution in [3.63, 3.8) is 0 Å². The fourth-order valence-electron chi connectivity index (χ4n) is 4.82. The van der Waals surface area contributed by atoms with E-state index >= 15 is 0 Å². The molecule has 1 saturated heterocycles. The van der Waals surface area contributed by atoms with Gasteiger partial charge < -0.3 is 14.0 Å². The van der Waals surface area contributed by atoms with Crippen LogP contribution in [-0.4, -0.2) is 25.3 Å². The molecule has 1 aliphatic carbocycles. The monoisotopic (exact) mass is 407 g/mol. The van der Waals surface area contributed by atoms with Gasteiger partial charge >= 0.3 is 7.12 Å². The topological polar surface area (TPSA) is 40.6 Å². The molecule has 31 heavy (non-hydrogen) atoms. The van der Waals surface area contributed by atoms with Gasteiger partial charge in [0.15, 0.2) is 0 Å². The van der Waals surface area contributed by atoms with Gasteiger partial charge in [0.2, 0.25) is 0 Å². The maximum Gasteiger partial charge on any atom is 0.495 e. The van der Waals surface area contributed by atoms with Gasteiger partial charge in [0, 0.05) is 29.6 Å². The third-order valence-electron chi connectivity index (χ3n) is 6.48. The second-order valence-electron chi connectivity index (χ2n) is 8.17. The molecular formula is C26H22BNO3. The van der Waals surface area contributed by atoms with Crippen LogP contribution < -0.4 is 5.46 Å². The highest BCUT2D eigenvalue weighted by Gasteiger charge is 2.44. The summed E-state index contributed by atoms with van der Waals surface area (Å²) < 4.78 is 18.5. The van der Waals surface area contributed by atoms with Gasteiger partial charge in [-0.1, -0.05) is 72.8 Å². The summed E-state index contributed by atoms with van der Waals surface area (Å²) in [5, 5.41) is 3.47. The lowest BCUT2D eigenvalue weighted by atomic mass is 9.75. The number of aromatic nitrogens is 1. The van der Waals surface area contributed by atoms with Crippen LogP contribution in [-0.2, 0) is 14.0 Å². The first kappa shape index (κ1) is 18.8. The standard InChI is InChI=1S/C26H22BNO3/c1-16(29-2)19-8-5-6-10-22(19)27-30-23-14-12-18-15-28-25-20-9-4-3-7-17(20)11-13-21(25)24(18)26(23)31-27/h3-16,23,26H,1-2H3/t16-,23-,26-/m0/s1. The van der Waals surface area contributed by atoms with Gasteiger partial charge in [-0.05, 0) is 28.9 Å². The van der Waals surface area contributed by atoms with Crippen LogP contribution in [0.1, 0.15) is 35.8 Å². The van der Waals surface area contributed by atoms with Crippen LogP contribution in [0, 0.1) is 0 Å². The molecule has 4 aromatic rings. The van der Waals surface area contributed by atoms with E-state index in [9.17, 15) is 0 Å². The smallest absolute Gasteiger partial charge is 0.398 e. The Hall–Kier alpha value is -2.99. The fourth-order valence-corrected chi connectivity index (χ4v) is 4.82. The second-order valence-corrected chi connectivity index (χ2v) is 8.17. The van der Waals surface area contributed by atoms with Crippen molar-refractivity contribution in [3.05, 3.63) is 89.6 Å². The van der Waals surface area contributed by atoms with Crippen molar-refractivity contribution in [3.8, 4) is 0 Å². The van der Waals surface area contributed by atoms with E-state index in [2.05, 4.69) is 60.7 Å². The predicted molar refractivity (Wildman–Crippen MR) is 124 cm³/mol. The van der Waals surface area contributed by atoms with Crippen molar-refractivity contribution in [1.29, 1.82) is 0 Å². The number of nitrogens with zero attached hydrogens (tertiary/aromatic N) is 1. The van der Waals surface area contributed by atoms with Gasteiger partial charge in [-0.15, -0.1) is 0 Å². The van der Waals surface area contributed by atoms with Gasteiger partial charge in [0.25, 0.3) is 0 Å². The summed E-state index contributed by atoms with van der Waals surface area (Å²) in [6, 6.07) is 20.9. The zero-order valence-corrected chi connectivity index (χ0v) is 17.5. The number of fused-ring (bicyclic) bond motifs is 7. The Morgan fingerprint density at radius 3 is 2.71 bits per heavy atom. The summed E-state index contributed by atoms with van der Waals surface area (Å²) >= 11 is 0. The minimum Gasteiger partial charge on any atom is -0.398 e. The Bertz CT molecular complexity index is 1340. The Morgan fingerprint density at radius 2 is 1.81 bits per heavy atom. The summed E-state index contributed by atoms with van der Waals surface area (Å²) in [6.07, 6.45) is 5.79. The van der Waals surface area contributed by atoms with Crippen molar-refractivity contribution in [2.75, 3.05) is 7.11 Å². The molecule has 1 aliphatic heterocycles. The number of hydrogen-bond acceptors (Lipinski definition) is 4. The summed E-state index contributed by atoms with van der Waals surface area (Å²) in [7, 11) is 1.28. The molecule has 0 unspecified atom stereocenters. The fraction of sp³-hybridized carbons (Fsp3) is 0.192. The molecule has 0 saturated carbocycles. The first-order chi connectivity index (χ1) is 15.2. The van der Waals surface area contributed by atoms with Crippen LogP contribution in [0.15, 0.2) is 72.9 Å². The van der Waals surface area contributed by atoms with E-state index in [-0.39, 0.29) is 18.3 Å². The molecule has 2 heterocycles. The number of methoxy groups -OCH3 is 1. The van der Waals surface area contributed by atoms with Crippen molar-refractivity contribution < 1.29 is 14.0 Å². The van der Waals surface area contributed by atoms with Crippen LogP contribution >= 0.6 is 0 Å². The molecule has 0 amide bonds. The third-order valence-corrected chi connectivity index (χ3v) is 6.48. The molecular weight excluding hydrogens is 385 g/mol. The summed E-state index contributed by atoms with van der Waals surface area (Å²) in [5.41, 5.74) is 5.36. The van der Waals surface area contributed by atoms with Gasteiger partial charge in [-0.3, -0.25) is 4.98 Å². The molecule has 3 atom stereocenters. The molecule has 152 valence electrons. The van der Waals surface area contributed by atoms with Crippen LogP contribution in [0.3, 0.4) is 0 Å². The molecule has 0 bridgehead atoms. The van der Waals surface area contributed by atoms with Gasteiger partial charge in [0.1, 0.15) is 0 Å². The third kappa shape index (κ3) is 2.93.